The number of nitrogens with one attached hydrogen (secondary N) is 1. The fourth-order valence-corrected chi connectivity index (χ4v) is 4.38. The number of benzene rings is 1. The molecule has 0 saturated heterocycles. The van der Waals surface area contributed by atoms with Gasteiger partial charge in [-0.2, -0.15) is 4.98 Å². The van der Waals surface area contributed by atoms with Crippen LogP contribution in [0.1, 0.15) is 42.0 Å². The number of anilines is 2. The van der Waals surface area contributed by atoms with Gasteiger partial charge in [-0.1, -0.05) is 25.0 Å². The molecule has 3 aromatic rings. The van der Waals surface area contributed by atoms with Crippen LogP contribution in [0.2, 0.25) is 0 Å². The van der Waals surface area contributed by atoms with Crippen LogP contribution in [0.3, 0.4) is 0 Å². The number of aryl methyl sites for hydroxylation is 1. The number of amides is 2. The summed E-state index contributed by atoms with van der Waals surface area (Å²) < 4.78 is 6.67. The summed E-state index contributed by atoms with van der Waals surface area (Å²) in [7, 11) is 0. The van der Waals surface area contributed by atoms with E-state index in [0.29, 0.717) is 24.2 Å². The first kappa shape index (κ1) is 19.2. The van der Waals surface area contributed by atoms with Crippen molar-refractivity contribution < 1.29 is 19.1 Å². The summed E-state index contributed by atoms with van der Waals surface area (Å²) in [6.07, 6.45) is 4.38. The van der Waals surface area contributed by atoms with Gasteiger partial charge in [-0.15, -0.1) is 5.10 Å². The van der Waals surface area contributed by atoms with Gasteiger partial charge in [0, 0.05) is 11.9 Å². The number of hydrogen-bond acceptors (Lipinski definition) is 7. The molecule has 0 radical (unpaired) electrons. The monoisotopic (exact) mass is 420 g/mol. The largest absolute Gasteiger partial charge is 0.450 e. The molecule has 3 heterocycles. The van der Waals surface area contributed by atoms with Crippen LogP contribution in [0.25, 0.3) is 5.78 Å². The van der Waals surface area contributed by atoms with Crippen LogP contribution in [0.5, 0.6) is 0 Å². The zero-order valence-corrected chi connectivity index (χ0v) is 16.9. The first-order valence-corrected chi connectivity index (χ1v) is 10.1. The first-order chi connectivity index (χ1) is 15.0. The van der Waals surface area contributed by atoms with Crippen molar-refractivity contribution >= 4 is 34.9 Å². The topological polar surface area (TPSA) is 119 Å². The number of carbonyl (C=O) groups excluding carboxylic acids is 3. The second kappa shape index (κ2) is 7.15. The van der Waals surface area contributed by atoms with E-state index in [1.54, 1.807) is 36.5 Å². The second-order valence-corrected chi connectivity index (χ2v) is 7.75. The minimum absolute atomic E-state index is 0.179. The third kappa shape index (κ3) is 3.02. The lowest BCUT2D eigenvalue weighted by atomic mass is 9.90. The van der Waals surface area contributed by atoms with Crippen LogP contribution in [0, 0.1) is 6.92 Å². The molecule has 1 aromatic carbocycles. The van der Waals surface area contributed by atoms with Crippen LogP contribution in [-0.4, -0.2) is 49.5 Å². The van der Waals surface area contributed by atoms with Gasteiger partial charge in [-0.25, -0.2) is 14.3 Å². The highest BCUT2D eigenvalue weighted by atomic mass is 16.5. The molecule has 1 spiro atoms. The van der Waals surface area contributed by atoms with Crippen molar-refractivity contribution in [1.29, 1.82) is 0 Å². The van der Waals surface area contributed by atoms with Crippen LogP contribution < -0.4 is 10.2 Å². The predicted octanol–water partition coefficient (Wildman–Crippen LogP) is 1.89. The van der Waals surface area contributed by atoms with Gasteiger partial charge in [0.1, 0.15) is 5.54 Å². The summed E-state index contributed by atoms with van der Waals surface area (Å²) in [4.78, 5) is 48.3. The molecule has 1 N–H and O–H groups in total. The zero-order valence-electron chi connectivity index (χ0n) is 16.9. The summed E-state index contributed by atoms with van der Waals surface area (Å²) in [6, 6.07) is 8.87. The molecule has 2 amide bonds. The van der Waals surface area contributed by atoms with E-state index < -0.39 is 24.0 Å². The maximum atomic E-state index is 13.2. The van der Waals surface area contributed by atoms with Gasteiger partial charge >= 0.3 is 5.97 Å². The molecule has 1 aliphatic carbocycles. The van der Waals surface area contributed by atoms with E-state index in [-0.39, 0.29) is 17.5 Å². The Balaban J connectivity index is 1.40. The summed E-state index contributed by atoms with van der Waals surface area (Å²) in [6.45, 7) is 1.28. The second-order valence-electron chi connectivity index (χ2n) is 7.75. The molecule has 1 saturated carbocycles. The maximum absolute atomic E-state index is 13.2. The van der Waals surface area contributed by atoms with Crippen LogP contribution in [0.15, 0.2) is 36.5 Å². The van der Waals surface area contributed by atoms with E-state index in [9.17, 15) is 14.4 Å². The molecule has 158 valence electrons. The van der Waals surface area contributed by atoms with Crippen LogP contribution in [-0.2, 0) is 14.3 Å². The Bertz CT molecular complexity index is 1210. The molecule has 1 aliphatic heterocycles. The normalized spacial score (nSPS) is 16.9. The highest BCUT2D eigenvalue weighted by Gasteiger charge is 2.52. The van der Waals surface area contributed by atoms with Crippen molar-refractivity contribution in [1.82, 2.24) is 19.6 Å². The highest BCUT2D eigenvalue weighted by molar-refractivity contribution is 6.15. The lowest BCUT2D eigenvalue weighted by Crippen LogP contribution is -2.61. The van der Waals surface area contributed by atoms with E-state index in [0.717, 1.165) is 18.5 Å². The third-order valence-corrected chi connectivity index (χ3v) is 5.86. The van der Waals surface area contributed by atoms with E-state index >= 15 is 0 Å². The van der Waals surface area contributed by atoms with Crippen molar-refractivity contribution in [3.8, 4) is 0 Å². The Kier molecular flexibility index (Phi) is 4.42. The molecule has 2 aliphatic rings. The van der Waals surface area contributed by atoms with E-state index in [2.05, 4.69) is 20.4 Å². The molecule has 10 heteroatoms. The smallest absolute Gasteiger partial charge is 0.378 e. The molecule has 0 unspecified atom stereocenters. The number of esters is 1. The summed E-state index contributed by atoms with van der Waals surface area (Å²) in [5, 5.41) is 7.02. The fraction of sp³-hybridized carbons (Fsp3) is 0.333. The fourth-order valence-electron chi connectivity index (χ4n) is 4.38. The van der Waals surface area contributed by atoms with Crippen LogP contribution >= 0.6 is 0 Å². The molecular weight excluding hydrogens is 400 g/mol. The van der Waals surface area contributed by atoms with Gasteiger partial charge in [0.25, 0.3) is 23.4 Å². The van der Waals surface area contributed by atoms with Gasteiger partial charge in [-0.05, 0) is 38.0 Å². The van der Waals surface area contributed by atoms with Gasteiger partial charge in [0.2, 0.25) is 0 Å². The van der Waals surface area contributed by atoms with Gasteiger partial charge in [0.05, 0.1) is 11.4 Å². The zero-order chi connectivity index (χ0) is 21.6. The number of para-hydroxylation sites is 2. The van der Waals surface area contributed by atoms with Crippen molar-refractivity contribution in [3.05, 3.63) is 48.0 Å². The summed E-state index contributed by atoms with van der Waals surface area (Å²) in [5.41, 5.74) is 0.968. The summed E-state index contributed by atoms with van der Waals surface area (Å²) >= 11 is 0. The number of aromatic nitrogens is 4. The Labute approximate surface area is 177 Å². The molecular formula is C21H20N6O4. The molecule has 0 atom stereocenters. The Morgan fingerprint density at radius 1 is 1.19 bits per heavy atom. The molecule has 31 heavy (non-hydrogen) atoms. The van der Waals surface area contributed by atoms with Gasteiger partial charge in [-0.3, -0.25) is 14.5 Å². The number of rotatable bonds is 3. The predicted molar refractivity (Wildman–Crippen MR) is 110 cm³/mol. The van der Waals surface area contributed by atoms with Crippen molar-refractivity contribution in [2.24, 2.45) is 0 Å². The molecule has 0 bridgehead atoms. The minimum atomic E-state index is -0.958. The van der Waals surface area contributed by atoms with Crippen molar-refractivity contribution in [2.75, 3.05) is 16.8 Å². The molecule has 2 aromatic heterocycles. The number of nitrogens with zero attached hydrogens (tertiary/aromatic N) is 5. The quantitative estimate of drug-likeness (QED) is 0.643. The Morgan fingerprint density at radius 3 is 2.74 bits per heavy atom. The SMILES string of the molecule is Cc1ccnc2nc(C(=O)OCC(=O)N3c4ccccc4NC(=O)C34CCCC4)nn12. The van der Waals surface area contributed by atoms with E-state index in [1.165, 1.54) is 9.42 Å². The number of hydrogen-bond donors (Lipinski definition) is 1. The molecule has 10 nitrogen and oxygen atoms in total. The minimum Gasteiger partial charge on any atom is -0.450 e. The number of ether oxygens (including phenoxy) is 1. The van der Waals surface area contributed by atoms with E-state index in [1.807, 2.05) is 6.92 Å². The van der Waals surface area contributed by atoms with Gasteiger partial charge < -0.3 is 10.1 Å². The third-order valence-electron chi connectivity index (χ3n) is 5.86. The average molecular weight is 420 g/mol. The average Bonchev–Trinajstić information content (AvgIpc) is 3.42. The number of carbonyl (C=O) groups is 3. The van der Waals surface area contributed by atoms with Crippen molar-refractivity contribution in [3.63, 3.8) is 0 Å². The standard InChI is InChI=1S/C21H20N6O4/c1-13-8-11-22-20-24-17(25-27(13)20)18(29)31-12-16(28)26-15-7-3-2-6-14(15)23-19(30)21(26)9-4-5-10-21/h2-3,6-8,11H,4-5,9-10,12H2,1H3,(H,23,30). The highest BCUT2D eigenvalue weighted by Crippen LogP contribution is 2.45. The Morgan fingerprint density at radius 2 is 1.97 bits per heavy atom. The maximum Gasteiger partial charge on any atom is 0.378 e. The van der Waals surface area contributed by atoms with Gasteiger partial charge in [0.15, 0.2) is 6.61 Å². The lowest BCUT2D eigenvalue weighted by molar-refractivity contribution is -0.129. The molecule has 5 rings (SSSR count). The Hall–Kier alpha value is -3.82. The number of fused-ring (bicyclic) bond motifs is 2. The molecule has 1 fully saturated rings. The van der Waals surface area contributed by atoms with Crippen LogP contribution in [0.4, 0.5) is 11.4 Å². The lowest BCUT2D eigenvalue weighted by Gasteiger charge is -2.44. The van der Waals surface area contributed by atoms with Crippen molar-refractivity contribution in [2.45, 2.75) is 38.1 Å². The van der Waals surface area contributed by atoms with E-state index in [4.69, 9.17) is 4.74 Å². The summed E-state index contributed by atoms with van der Waals surface area (Å²) in [5.74, 6) is -1.40. The first-order valence-electron chi connectivity index (χ1n) is 10.1.